The van der Waals surface area contributed by atoms with E-state index in [0.29, 0.717) is 37.2 Å². The molecule has 1 heterocycles. The van der Waals surface area contributed by atoms with Crippen molar-refractivity contribution in [3.8, 4) is 0 Å². The third-order valence-corrected chi connectivity index (χ3v) is 7.79. The van der Waals surface area contributed by atoms with Crippen molar-refractivity contribution in [1.29, 1.82) is 0 Å². The number of nitrogens with zero attached hydrogens (tertiary/aromatic N) is 1. The average Bonchev–Trinajstić information content (AvgIpc) is 3.19. The van der Waals surface area contributed by atoms with Gasteiger partial charge in [0.2, 0.25) is 5.91 Å². The van der Waals surface area contributed by atoms with Gasteiger partial charge in [-0.25, -0.2) is 8.42 Å². The number of amides is 1. The number of carbonyl (C=O) groups is 2. The van der Waals surface area contributed by atoms with Gasteiger partial charge < -0.3 is 15.2 Å². The number of hydrogen-bond donors (Lipinski definition) is 1. The molecular formula is C22H23N2O5S-. The molecule has 2 unspecified atom stereocenters. The van der Waals surface area contributed by atoms with Crippen LogP contribution in [0.2, 0.25) is 0 Å². The summed E-state index contributed by atoms with van der Waals surface area (Å²) in [5, 5.41) is 14.0. The molecule has 1 fully saturated rings. The Morgan fingerprint density at radius 1 is 0.967 bits per heavy atom. The Labute approximate surface area is 175 Å². The summed E-state index contributed by atoms with van der Waals surface area (Å²) in [5.41, 5.74) is 2.13. The maximum absolute atomic E-state index is 13.1. The van der Waals surface area contributed by atoms with Gasteiger partial charge in [-0.15, -0.1) is 0 Å². The van der Waals surface area contributed by atoms with Gasteiger partial charge in [-0.3, -0.25) is 9.10 Å². The minimum atomic E-state index is -3.70. The van der Waals surface area contributed by atoms with E-state index in [2.05, 4.69) is 5.32 Å². The first-order chi connectivity index (χ1) is 14.4. The number of para-hydroxylation sites is 1. The highest BCUT2D eigenvalue weighted by Gasteiger charge is 2.32. The first-order valence-electron chi connectivity index (χ1n) is 10.1. The summed E-state index contributed by atoms with van der Waals surface area (Å²) in [4.78, 5) is 24.1. The smallest absolute Gasteiger partial charge is 0.264 e. The largest absolute Gasteiger partial charge is 0.550 e. The normalized spacial score (nSPS) is 21.1. The second-order valence-electron chi connectivity index (χ2n) is 7.79. The lowest BCUT2D eigenvalue weighted by Gasteiger charge is -2.31. The minimum absolute atomic E-state index is 0.141. The molecule has 0 saturated heterocycles. The van der Waals surface area contributed by atoms with Crippen molar-refractivity contribution in [3.63, 3.8) is 0 Å². The monoisotopic (exact) mass is 427 g/mol. The molecule has 2 aromatic rings. The molecule has 0 bridgehead atoms. The number of aliphatic carboxylic acids is 1. The molecule has 7 nitrogen and oxygen atoms in total. The SMILES string of the molecule is O=C([O-])C1CCCCC1C(=O)Nc1ccc(S(=O)(=O)N2CCc3ccccc32)cc1. The molecule has 1 amide bonds. The van der Waals surface area contributed by atoms with Gasteiger partial charge in [-0.05, 0) is 55.2 Å². The summed E-state index contributed by atoms with van der Waals surface area (Å²) < 4.78 is 27.5. The minimum Gasteiger partial charge on any atom is -0.550 e. The van der Waals surface area contributed by atoms with Crippen molar-refractivity contribution in [1.82, 2.24) is 0 Å². The summed E-state index contributed by atoms with van der Waals surface area (Å²) in [6.45, 7) is 0.395. The molecule has 0 radical (unpaired) electrons. The molecule has 0 spiro atoms. The van der Waals surface area contributed by atoms with Gasteiger partial charge in [0, 0.05) is 30.0 Å². The number of sulfonamides is 1. The predicted molar refractivity (Wildman–Crippen MR) is 110 cm³/mol. The number of hydrogen-bond acceptors (Lipinski definition) is 5. The zero-order valence-electron chi connectivity index (χ0n) is 16.4. The predicted octanol–water partition coefficient (Wildman–Crippen LogP) is 1.93. The number of anilines is 2. The number of fused-ring (bicyclic) bond motifs is 1. The van der Waals surface area contributed by atoms with E-state index < -0.39 is 27.8 Å². The maximum atomic E-state index is 13.1. The molecule has 1 aliphatic carbocycles. The Balaban J connectivity index is 1.49. The maximum Gasteiger partial charge on any atom is 0.264 e. The number of nitrogens with one attached hydrogen (secondary N) is 1. The van der Waals surface area contributed by atoms with Gasteiger partial charge in [-0.2, -0.15) is 0 Å². The molecule has 2 aromatic carbocycles. The van der Waals surface area contributed by atoms with E-state index in [4.69, 9.17) is 0 Å². The number of benzene rings is 2. The molecule has 1 saturated carbocycles. The summed E-state index contributed by atoms with van der Waals surface area (Å²) in [6, 6.07) is 13.4. The molecule has 4 rings (SSSR count). The van der Waals surface area contributed by atoms with Crippen LogP contribution >= 0.6 is 0 Å². The molecule has 1 N–H and O–H groups in total. The van der Waals surface area contributed by atoms with Crippen LogP contribution in [0, 0.1) is 11.8 Å². The average molecular weight is 428 g/mol. The van der Waals surface area contributed by atoms with Gasteiger partial charge in [-0.1, -0.05) is 31.0 Å². The summed E-state index contributed by atoms with van der Waals surface area (Å²) >= 11 is 0. The highest BCUT2D eigenvalue weighted by molar-refractivity contribution is 7.92. The quantitative estimate of drug-likeness (QED) is 0.785. The summed E-state index contributed by atoms with van der Waals surface area (Å²) in [7, 11) is -3.70. The molecule has 2 atom stereocenters. The van der Waals surface area contributed by atoms with E-state index in [1.165, 1.54) is 28.6 Å². The van der Waals surface area contributed by atoms with Crippen LogP contribution in [0.1, 0.15) is 31.2 Å². The Bertz CT molecular complexity index is 1070. The lowest BCUT2D eigenvalue weighted by atomic mass is 9.78. The highest BCUT2D eigenvalue weighted by Crippen LogP contribution is 2.33. The van der Waals surface area contributed by atoms with Gasteiger partial charge in [0.15, 0.2) is 0 Å². The molecule has 158 valence electrons. The van der Waals surface area contributed by atoms with Crippen LogP contribution < -0.4 is 14.7 Å². The summed E-state index contributed by atoms with van der Waals surface area (Å²) in [5.74, 6) is -2.97. The van der Waals surface area contributed by atoms with Crippen molar-refractivity contribution in [2.45, 2.75) is 37.0 Å². The van der Waals surface area contributed by atoms with Crippen molar-refractivity contribution in [3.05, 3.63) is 54.1 Å². The molecule has 1 aliphatic heterocycles. The van der Waals surface area contributed by atoms with E-state index in [-0.39, 0.29) is 10.8 Å². The van der Waals surface area contributed by atoms with Crippen molar-refractivity contribution < 1.29 is 23.1 Å². The fraction of sp³-hybridized carbons (Fsp3) is 0.364. The lowest BCUT2D eigenvalue weighted by molar-refractivity contribution is -0.313. The first kappa shape index (κ1) is 20.4. The standard InChI is InChI=1S/C22H24N2O5S/c25-21(18-6-2-3-7-19(18)22(26)27)23-16-9-11-17(12-10-16)30(28,29)24-14-13-15-5-1-4-8-20(15)24/h1,4-5,8-12,18-19H,2-3,6-7,13-14H2,(H,23,25)(H,26,27)/p-1. The van der Waals surface area contributed by atoms with Crippen LogP contribution in [-0.4, -0.2) is 26.8 Å². The Kier molecular flexibility index (Phi) is 5.51. The zero-order valence-corrected chi connectivity index (χ0v) is 17.2. The van der Waals surface area contributed by atoms with Crippen LogP contribution in [0.15, 0.2) is 53.4 Å². The lowest BCUT2D eigenvalue weighted by Crippen LogP contribution is -2.42. The van der Waals surface area contributed by atoms with E-state index in [1.54, 1.807) is 6.07 Å². The van der Waals surface area contributed by atoms with Crippen LogP contribution in [-0.2, 0) is 26.0 Å². The topological polar surface area (TPSA) is 107 Å². The number of carbonyl (C=O) groups excluding carboxylic acids is 2. The Morgan fingerprint density at radius 3 is 2.33 bits per heavy atom. The Morgan fingerprint density at radius 2 is 1.63 bits per heavy atom. The Hall–Kier alpha value is -2.87. The third-order valence-electron chi connectivity index (χ3n) is 5.96. The summed E-state index contributed by atoms with van der Waals surface area (Å²) in [6.07, 6.45) is 3.19. The second kappa shape index (κ2) is 8.10. The first-order valence-corrected chi connectivity index (χ1v) is 11.5. The number of rotatable bonds is 5. The second-order valence-corrected chi connectivity index (χ2v) is 9.65. The van der Waals surface area contributed by atoms with Gasteiger partial charge in [0.1, 0.15) is 0 Å². The third kappa shape index (κ3) is 3.79. The number of carboxylic acid groups (broad SMARTS) is 1. The van der Waals surface area contributed by atoms with Crippen molar-refractivity contribution in [2.75, 3.05) is 16.2 Å². The van der Waals surface area contributed by atoms with Gasteiger partial charge in [0.25, 0.3) is 10.0 Å². The molecule has 8 heteroatoms. The van der Waals surface area contributed by atoms with E-state index in [9.17, 15) is 23.1 Å². The van der Waals surface area contributed by atoms with E-state index >= 15 is 0 Å². The van der Waals surface area contributed by atoms with Crippen LogP contribution in [0.25, 0.3) is 0 Å². The fourth-order valence-electron chi connectivity index (χ4n) is 4.36. The van der Waals surface area contributed by atoms with Crippen LogP contribution in [0.3, 0.4) is 0 Å². The van der Waals surface area contributed by atoms with Crippen molar-refractivity contribution >= 4 is 33.3 Å². The van der Waals surface area contributed by atoms with E-state index in [1.807, 2.05) is 18.2 Å². The highest BCUT2D eigenvalue weighted by atomic mass is 32.2. The van der Waals surface area contributed by atoms with Crippen LogP contribution in [0.5, 0.6) is 0 Å². The molecular weight excluding hydrogens is 404 g/mol. The number of carboxylic acids is 1. The van der Waals surface area contributed by atoms with Crippen LogP contribution in [0.4, 0.5) is 11.4 Å². The molecule has 30 heavy (non-hydrogen) atoms. The van der Waals surface area contributed by atoms with Gasteiger partial charge in [0.05, 0.1) is 10.6 Å². The van der Waals surface area contributed by atoms with Gasteiger partial charge >= 0.3 is 0 Å². The van der Waals surface area contributed by atoms with E-state index in [0.717, 1.165) is 18.4 Å². The molecule has 0 aromatic heterocycles. The molecule has 2 aliphatic rings. The zero-order chi connectivity index (χ0) is 21.3. The van der Waals surface area contributed by atoms with Crippen molar-refractivity contribution in [2.24, 2.45) is 11.8 Å². The fourth-order valence-corrected chi connectivity index (χ4v) is 5.86.